The van der Waals surface area contributed by atoms with E-state index in [9.17, 15) is 4.79 Å². The lowest BCUT2D eigenvalue weighted by Gasteiger charge is -2.22. The highest BCUT2D eigenvalue weighted by molar-refractivity contribution is 6.18. The first kappa shape index (κ1) is 11.8. The molecule has 3 nitrogen and oxygen atoms in total. The second-order valence-corrected chi connectivity index (χ2v) is 4.17. The molecular formula is C10H18ClNO2. The number of hydrogen-bond donors (Lipinski definition) is 1. The van der Waals surface area contributed by atoms with E-state index in [1.54, 1.807) is 0 Å². The van der Waals surface area contributed by atoms with E-state index in [1.165, 1.54) is 0 Å². The van der Waals surface area contributed by atoms with Gasteiger partial charge in [0.25, 0.3) is 0 Å². The lowest BCUT2D eigenvalue weighted by molar-refractivity contribution is -0.135. The predicted octanol–water partition coefficient (Wildman–Crippen LogP) is 1.55. The molecule has 82 valence electrons. The van der Waals surface area contributed by atoms with E-state index >= 15 is 0 Å². The molecule has 1 rings (SSSR count). The van der Waals surface area contributed by atoms with Gasteiger partial charge in [0.1, 0.15) is 6.10 Å². The van der Waals surface area contributed by atoms with Gasteiger partial charge in [0.2, 0.25) is 5.91 Å². The van der Waals surface area contributed by atoms with Gasteiger partial charge < -0.3 is 10.1 Å². The molecule has 0 aromatic heterocycles. The number of hydrogen-bond acceptors (Lipinski definition) is 2. The molecule has 1 amide bonds. The maximum absolute atomic E-state index is 11.5. The number of amides is 1. The summed E-state index contributed by atoms with van der Waals surface area (Å²) in [5.74, 6) is 0.914. The third-order valence-corrected chi connectivity index (χ3v) is 2.89. The van der Waals surface area contributed by atoms with E-state index in [0.29, 0.717) is 24.9 Å². The van der Waals surface area contributed by atoms with E-state index in [2.05, 4.69) is 5.32 Å². The second-order valence-electron chi connectivity index (χ2n) is 3.86. The zero-order valence-corrected chi connectivity index (χ0v) is 9.35. The number of ether oxygens (including phenoxy) is 1. The largest absolute Gasteiger partial charge is 0.368 e. The fraction of sp³-hybridized carbons (Fsp3) is 0.900. The summed E-state index contributed by atoms with van der Waals surface area (Å²) in [4.78, 5) is 11.5. The first-order valence-corrected chi connectivity index (χ1v) is 5.72. The van der Waals surface area contributed by atoms with Gasteiger partial charge in [0.15, 0.2) is 0 Å². The van der Waals surface area contributed by atoms with Crippen LogP contribution in [-0.4, -0.2) is 31.0 Å². The van der Waals surface area contributed by atoms with Crippen molar-refractivity contribution in [3.05, 3.63) is 0 Å². The monoisotopic (exact) mass is 219 g/mol. The quantitative estimate of drug-likeness (QED) is 0.729. The van der Waals surface area contributed by atoms with Crippen LogP contribution in [0, 0.1) is 5.92 Å². The van der Waals surface area contributed by atoms with Gasteiger partial charge in [-0.1, -0.05) is 6.92 Å². The molecule has 1 aliphatic heterocycles. The normalized spacial score (nSPS) is 24.3. The van der Waals surface area contributed by atoms with Gasteiger partial charge in [-0.3, -0.25) is 4.79 Å². The average Bonchev–Trinajstić information content (AvgIpc) is 2.26. The number of carbonyl (C=O) groups is 1. The van der Waals surface area contributed by atoms with Crippen LogP contribution in [0.15, 0.2) is 0 Å². The molecular weight excluding hydrogens is 202 g/mol. The van der Waals surface area contributed by atoms with Gasteiger partial charge >= 0.3 is 0 Å². The number of rotatable bonds is 4. The van der Waals surface area contributed by atoms with Crippen molar-refractivity contribution in [3.63, 3.8) is 0 Å². The summed E-state index contributed by atoms with van der Waals surface area (Å²) in [7, 11) is 0. The molecule has 2 unspecified atom stereocenters. The van der Waals surface area contributed by atoms with Gasteiger partial charge in [0.05, 0.1) is 0 Å². The highest BCUT2D eigenvalue weighted by Gasteiger charge is 2.21. The number of nitrogens with one attached hydrogen (secondary N) is 1. The van der Waals surface area contributed by atoms with Crippen molar-refractivity contribution >= 4 is 17.5 Å². The van der Waals surface area contributed by atoms with Crippen LogP contribution in [0.3, 0.4) is 0 Å². The molecule has 1 aliphatic rings. The van der Waals surface area contributed by atoms with Crippen molar-refractivity contribution in [2.75, 3.05) is 19.0 Å². The van der Waals surface area contributed by atoms with Crippen LogP contribution >= 0.6 is 11.6 Å². The van der Waals surface area contributed by atoms with Crippen LogP contribution in [0.5, 0.6) is 0 Å². The minimum atomic E-state index is -0.230. The maximum Gasteiger partial charge on any atom is 0.249 e. The Hall–Kier alpha value is -0.280. The Kier molecular flexibility index (Phi) is 5.26. The van der Waals surface area contributed by atoms with Gasteiger partial charge in [-0.2, -0.15) is 0 Å². The molecule has 0 aliphatic carbocycles. The molecule has 0 radical (unpaired) electrons. The molecule has 1 fully saturated rings. The van der Waals surface area contributed by atoms with Gasteiger partial charge in [-0.05, 0) is 25.2 Å². The Bertz CT molecular complexity index is 181. The molecule has 1 saturated heterocycles. The Morgan fingerprint density at radius 1 is 1.64 bits per heavy atom. The molecule has 0 aromatic carbocycles. The number of alkyl halides is 1. The summed E-state index contributed by atoms with van der Waals surface area (Å²) in [5, 5.41) is 2.85. The zero-order valence-electron chi connectivity index (χ0n) is 8.59. The fourth-order valence-corrected chi connectivity index (χ4v) is 1.50. The summed E-state index contributed by atoms with van der Waals surface area (Å²) in [6.07, 6.45) is 2.78. The maximum atomic E-state index is 11.5. The van der Waals surface area contributed by atoms with E-state index in [1.807, 2.05) is 6.92 Å². The van der Waals surface area contributed by atoms with E-state index in [4.69, 9.17) is 16.3 Å². The lowest BCUT2D eigenvalue weighted by Crippen LogP contribution is -2.40. The molecule has 0 spiro atoms. The molecule has 2 atom stereocenters. The van der Waals surface area contributed by atoms with Gasteiger partial charge in [0, 0.05) is 19.0 Å². The van der Waals surface area contributed by atoms with Crippen molar-refractivity contribution in [3.8, 4) is 0 Å². The Morgan fingerprint density at radius 2 is 2.43 bits per heavy atom. The standard InChI is InChI=1S/C10H18ClNO2/c1-8(6-11)7-12-10(13)9-4-2-3-5-14-9/h8-9H,2-7H2,1H3,(H,12,13). The van der Waals surface area contributed by atoms with Crippen LogP contribution in [0.2, 0.25) is 0 Å². The molecule has 0 saturated carbocycles. The Labute approximate surface area is 90.1 Å². The SMILES string of the molecule is CC(CCl)CNC(=O)C1CCCCO1. The third-order valence-electron chi connectivity index (χ3n) is 2.36. The summed E-state index contributed by atoms with van der Waals surface area (Å²) >= 11 is 5.64. The zero-order chi connectivity index (χ0) is 10.4. The lowest BCUT2D eigenvalue weighted by atomic mass is 10.1. The third kappa shape index (κ3) is 3.84. The van der Waals surface area contributed by atoms with Crippen LogP contribution < -0.4 is 5.32 Å². The smallest absolute Gasteiger partial charge is 0.249 e. The van der Waals surface area contributed by atoms with Crippen LogP contribution in [0.25, 0.3) is 0 Å². The van der Waals surface area contributed by atoms with Crippen molar-refractivity contribution in [1.82, 2.24) is 5.32 Å². The minimum absolute atomic E-state index is 0.0154. The first-order valence-electron chi connectivity index (χ1n) is 5.19. The van der Waals surface area contributed by atoms with Gasteiger partial charge in [-0.15, -0.1) is 11.6 Å². The molecule has 1 heterocycles. The van der Waals surface area contributed by atoms with Crippen molar-refractivity contribution in [2.45, 2.75) is 32.3 Å². The summed E-state index contributed by atoms with van der Waals surface area (Å²) in [5.41, 5.74) is 0. The highest BCUT2D eigenvalue weighted by Crippen LogP contribution is 2.12. The summed E-state index contributed by atoms with van der Waals surface area (Å²) in [6.45, 7) is 3.36. The predicted molar refractivity (Wildman–Crippen MR) is 56.5 cm³/mol. The Morgan fingerprint density at radius 3 is 3.00 bits per heavy atom. The molecule has 1 N–H and O–H groups in total. The van der Waals surface area contributed by atoms with Crippen LogP contribution in [-0.2, 0) is 9.53 Å². The molecule has 0 aromatic rings. The van der Waals surface area contributed by atoms with Gasteiger partial charge in [-0.25, -0.2) is 0 Å². The van der Waals surface area contributed by atoms with Crippen molar-refractivity contribution < 1.29 is 9.53 Å². The average molecular weight is 220 g/mol. The Balaban J connectivity index is 2.19. The molecule has 4 heteroatoms. The van der Waals surface area contributed by atoms with Crippen LogP contribution in [0.4, 0.5) is 0 Å². The number of halogens is 1. The fourth-order valence-electron chi connectivity index (χ4n) is 1.39. The summed E-state index contributed by atoms with van der Waals surface area (Å²) < 4.78 is 5.36. The van der Waals surface area contributed by atoms with Crippen molar-refractivity contribution in [2.24, 2.45) is 5.92 Å². The first-order chi connectivity index (χ1) is 6.74. The van der Waals surface area contributed by atoms with Crippen LogP contribution in [0.1, 0.15) is 26.2 Å². The summed E-state index contributed by atoms with van der Waals surface area (Å²) in [6, 6.07) is 0. The number of carbonyl (C=O) groups excluding carboxylic acids is 1. The minimum Gasteiger partial charge on any atom is -0.368 e. The highest BCUT2D eigenvalue weighted by atomic mass is 35.5. The molecule has 14 heavy (non-hydrogen) atoms. The topological polar surface area (TPSA) is 38.3 Å². The molecule has 0 bridgehead atoms. The van der Waals surface area contributed by atoms with E-state index in [-0.39, 0.29) is 12.0 Å². The second kappa shape index (κ2) is 6.25. The van der Waals surface area contributed by atoms with E-state index in [0.717, 1.165) is 19.3 Å². The van der Waals surface area contributed by atoms with E-state index < -0.39 is 0 Å². The van der Waals surface area contributed by atoms with Crippen molar-refractivity contribution in [1.29, 1.82) is 0 Å².